The lowest BCUT2D eigenvalue weighted by molar-refractivity contribution is -0.133. The number of nitrogens with zero attached hydrogens (tertiary/aromatic N) is 3. The fraction of sp³-hybridized carbons (Fsp3) is 0.348. The molecule has 30 heavy (non-hydrogen) atoms. The number of aromatic nitrogens is 2. The molecule has 1 N–H and O–H groups in total. The van der Waals surface area contributed by atoms with Gasteiger partial charge in [-0.1, -0.05) is 71.1 Å². The first-order valence-corrected chi connectivity index (χ1v) is 11.7. The van der Waals surface area contributed by atoms with Crippen molar-refractivity contribution in [1.29, 1.82) is 0 Å². The van der Waals surface area contributed by atoms with E-state index in [0.717, 1.165) is 26.3 Å². The molecular formula is C23H28N4OS2. The summed E-state index contributed by atoms with van der Waals surface area (Å²) in [5.74, 6) is 0.429. The molecule has 0 saturated heterocycles. The summed E-state index contributed by atoms with van der Waals surface area (Å²) in [6.45, 7) is 10.9. The van der Waals surface area contributed by atoms with E-state index in [1.807, 2.05) is 29.2 Å². The van der Waals surface area contributed by atoms with Gasteiger partial charge in [0.05, 0.1) is 5.75 Å². The molecule has 3 aromatic rings. The molecule has 0 atom stereocenters. The molecule has 1 aromatic heterocycles. The van der Waals surface area contributed by atoms with Crippen LogP contribution in [0.3, 0.4) is 0 Å². The number of rotatable bonds is 7. The van der Waals surface area contributed by atoms with Crippen LogP contribution < -0.4 is 5.32 Å². The quantitative estimate of drug-likeness (QED) is 0.469. The molecule has 7 heteroatoms. The van der Waals surface area contributed by atoms with Gasteiger partial charge in [0.2, 0.25) is 11.0 Å². The number of hydrogen-bond acceptors (Lipinski definition) is 6. The molecule has 0 spiro atoms. The van der Waals surface area contributed by atoms with Crippen LogP contribution in [-0.4, -0.2) is 32.3 Å². The molecule has 0 aliphatic carbocycles. The van der Waals surface area contributed by atoms with Crippen LogP contribution in [0.15, 0.2) is 52.9 Å². The second-order valence-corrected chi connectivity index (χ2v) is 10.4. The van der Waals surface area contributed by atoms with Crippen LogP contribution in [0.1, 0.15) is 37.5 Å². The topological polar surface area (TPSA) is 58.1 Å². The van der Waals surface area contributed by atoms with Crippen molar-refractivity contribution < 1.29 is 4.79 Å². The summed E-state index contributed by atoms with van der Waals surface area (Å²) in [5.41, 5.74) is 4.28. The lowest BCUT2D eigenvalue weighted by atomic mass is 10.0. The zero-order valence-electron chi connectivity index (χ0n) is 18.1. The van der Waals surface area contributed by atoms with E-state index in [9.17, 15) is 4.79 Å². The van der Waals surface area contributed by atoms with E-state index in [2.05, 4.69) is 74.4 Å². The maximum Gasteiger partial charge on any atom is 0.233 e. The number of hydrogen-bond donors (Lipinski definition) is 1. The van der Waals surface area contributed by atoms with Crippen molar-refractivity contribution in [1.82, 2.24) is 15.1 Å². The monoisotopic (exact) mass is 440 g/mol. The highest BCUT2D eigenvalue weighted by atomic mass is 32.2. The Morgan fingerprint density at radius 3 is 2.50 bits per heavy atom. The van der Waals surface area contributed by atoms with Gasteiger partial charge in [0.25, 0.3) is 0 Å². The summed E-state index contributed by atoms with van der Waals surface area (Å²) >= 11 is 2.90. The van der Waals surface area contributed by atoms with Gasteiger partial charge in [-0.05, 0) is 51.8 Å². The standard InChI is InChI=1S/C23H28N4OS2/c1-16-11-12-19(17(2)13-16)24-21-25-26-22(30-21)29-15-20(28)27(23(3,4)5)14-18-9-7-6-8-10-18/h6-13H,14-15H2,1-5H3,(H,24,25). The van der Waals surface area contributed by atoms with Crippen molar-refractivity contribution in [3.8, 4) is 0 Å². The summed E-state index contributed by atoms with van der Waals surface area (Å²) in [7, 11) is 0. The summed E-state index contributed by atoms with van der Waals surface area (Å²) in [6, 6.07) is 16.3. The smallest absolute Gasteiger partial charge is 0.233 e. The summed E-state index contributed by atoms with van der Waals surface area (Å²) in [5, 5.41) is 12.5. The minimum Gasteiger partial charge on any atom is -0.333 e. The first-order valence-electron chi connectivity index (χ1n) is 9.87. The maximum absolute atomic E-state index is 13.0. The Kier molecular flexibility index (Phi) is 7.15. The number of nitrogens with one attached hydrogen (secondary N) is 1. The fourth-order valence-corrected chi connectivity index (χ4v) is 4.69. The van der Waals surface area contributed by atoms with Crippen molar-refractivity contribution in [3.63, 3.8) is 0 Å². The molecule has 0 aliphatic heterocycles. The number of anilines is 2. The van der Waals surface area contributed by atoms with E-state index < -0.39 is 0 Å². The van der Waals surface area contributed by atoms with Crippen LogP contribution in [0, 0.1) is 13.8 Å². The minimum absolute atomic E-state index is 0.0930. The van der Waals surface area contributed by atoms with Crippen LogP contribution in [0.25, 0.3) is 0 Å². The number of carbonyl (C=O) groups is 1. The fourth-order valence-electron chi connectivity index (χ4n) is 3.05. The molecule has 5 nitrogen and oxygen atoms in total. The van der Waals surface area contributed by atoms with Crippen LogP contribution in [0.2, 0.25) is 0 Å². The molecule has 0 unspecified atom stereocenters. The summed E-state index contributed by atoms with van der Waals surface area (Å²) in [4.78, 5) is 14.9. The van der Waals surface area contributed by atoms with Gasteiger partial charge in [0.1, 0.15) is 0 Å². The van der Waals surface area contributed by atoms with Crippen LogP contribution in [0.5, 0.6) is 0 Å². The van der Waals surface area contributed by atoms with Crippen molar-refractivity contribution in [2.24, 2.45) is 0 Å². The van der Waals surface area contributed by atoms with Crippen molar-refractivity contribution in [2.45, 2.75) is 51.0 Å². The maximum atomic E-state index is 13.0. The first-order chi connectivity index (χ1) is 14.2. The molecule has 0 radical (unpaired) electrons. The molecule has 0 aliphatic rings. The lowest BCUT2D eigenvalue weighted by Crippen LogP contribution is -2.45. The van der Waals surface area contributed by atoms with Gasteiger partial charge < -0.3 is 10.2 Å². The Morgan fingerprint density at radius 1 is 1.10 bits per heavy atom. The van der Waals surface area contributed by atoms with E-state index in [1.54, 1.807) is 0 Å². The molecule has 1 amide bonds. The zero-order valence-corrected chi connectivity index (χ0v) is 19.7. The number of amides is 1. The normalized spacial score (nSPS) is 11.4. The molecule has 0 fully saturated rings. The van der Waals surface area contributed by atoms with E-state index in [0.29, 0.717) is 12.3 Å². The third-order valence-corrected chi connectivity index (χ3v) is 6.60. The molecule has 3 rings (SSSR count). The second kappa shape index (κ2) is 9.62. The van der Waals surface area contributed by atoms with Gasteiger partial charge in [-0.2, -0.15) is 0 Å². The highest BCUT2D eigenvalue weighted by molar-refractivity contribution is 8.01. The average Bonchev–Trinajstić information content (AvgIpc) is 3.14. The Bertz CT molecular complexity index is 996. The van der Waals surface area contributed by atoms with Crippen molar-refractivity contribution in [2.75, 3.05) is 11.1 Å². The zero-order chi connectivity index (χ0) is 21.7. The Hall–Kier alpha value is -2.38. The average molecular weight is 441 g/mol. The van der Waals surface area contributed by atoms with Crippen LogP contribution >= 0.6 is 23.1 Å². The molecule has 1 heterocycles. The number of benzene rings is 2. The predicted molar refractivity (Wildman–Crippen MR) is 127 cm³/mol. The van der Waals surface area contributed by atoms with Gasteiger partial charge in [-0.25, -0.2) is 0 Å². The first kappa shape index (κ1) is 22.3. The Labute approximate surface area is 186 Å². The number of aryl methyl sites for hydroxylation is 2. The molecule has 2 aromatic carbocycles. The lowest BCUT2D eigenvalue weighted by Gasteiger charge is -2.36. The Morgan fingerprint density at radius 2 is 1.83 bits per heavy atom. The van der Waals surface area contributed by atoms with Gasteiger partial charge in [0.15, 0.2) is 4.34 Å². The van der Waals surface area contributed by atoms with E-state index in [-0.39, 0.29) is 11.4 Å². The third-order valence-electron chi connectivity index (χ3n) is 4.64. The van der Waals surface area contributed by atoms with Gasteiger partial charge >= 0.3 is 0 Å². The van der Waals surface area contributed by atoms with Crippen molar-refractivity contribution >= 4 is 39.8 Å². The van der Waals surface area contributed by atoms with Gasteiger partial charge in [-0.3, -0.25) is 4.79 Å². The minimum atomic E-state index is -0.260. The molecule has 158 valence electrons. The van der Waals surface area contributed by atoms with Gasteiger partial charge in [0, 0.05) is 17.8 Å². The number of carbonyl (C=O) groups excluding carboxylic acids is 1. The second-order valence-electron chi connectivity index (χ2n) is 8.24. The third kappa shape index (κ3) is 6.06. The molecular weight excluding hydrogens is 412 g/mol. The molecule has 0 saturated carbocycles. The Balaban J connectivity index is 1.62. The van der Waals surface area contributed by atoms with Crippen LogP contribution in [-0.2, 0) is 11.3 Å². The molecule has 0 bridgehead atoms. The number of thioether (sulfide) groups is 1. The highest BCUT2D eigenvalue weighted by Crippen LogP contribution is 2.30. The highest BCUT2D eigenvalue weighted by Gasteiger charge is 2.26. The van der Waals surface area contributed by atoms with Gasteiger partial charge in [-0.15, -0.1) is 10.2 Å². The van der Waals surface area contributed by atoms with Crippen LogP contribution in [0.4, 0.5) is 10.8 Å². The van der Waals surface area contributed by atoms with E-state index >= 15 is 0 Å². The van der Waals surface area contributed by atoms with E-state index in [1.165, 1.54) is 28.7 Å². The van der Waals surface area contributed by atoms with E-state index in [4.69, 9.17) is 0 Å². The summed E-state index contributed by atoms with van der Waals surface area (Å²) < 4.78 is 0.782. The summed E-state index contributed by atoms with van der Waals surface area (Å²) in [6.07, 6.45) is 0. The predicted octanol–water partition coefficient (Wildman–Crippen LogP) is 5.82. The largest absolute Gasteiger partial charge is 0.333 e. The SMILES string of the molecule is Cc1ccc(Nc2nnc(SCC(=O)N(Cc3ccccc3)C(C)(C)C)s2)c(C)c1. The van der Waals surface area contributed by atoms with Crippen molar-refractivity contribution in [3.05, 3.63) is 65.2 Å².